The highest BCUT2D eigenvalue weighted by atomic mass is 15.2. The molecule has 0 amide bonds. The van der Waals surface area contributed by atoms with E-state index in [9.17, 15) is 0 Å². The minimum absolute atomic E-state index is 0.368. The lowest BCUT2D eigenvalue weighted by Gasteiger charge is -2.50. The average molecular weight is 268 g/mol. The van der Waals surface area contributed by atoms with Crippen LogP contribution in [0, 0.1) is 11.3 Å². The van der Waals surface area contributed by atoms with E-state index >= 15 is 0 Å². The minimum atomic E-state index is 0.368. The summed E-state index contributed by atoms with van der Waals surface area (Å²) in [5.41, 5.74) is 0.803. The number of likely N-dealkylation sites (N-methyl/N-ethyl adjacent to an activating group) is 2. The topological polar surface area (TPSA) is 15.3 Å². The van der Waals surface area contributed by atoms with E-state index in [1.807, 2.05) is 0 Å². The Morgan fingerprint density at radius 1 is 1.21 bits per heavy atom. The first-order chi connectivity index (χ1) is 8.71. The van der Waals surface area contributed by atoms with Gasteiger partial charge in [-0.1, -0.05) is 27.7 Å². The van der Waals surface area contributed by atoms with Crippen LogP contribution in [-0.2, 0) is 0 Å². The molecule has 1 aliphatic carbocycles. The molecule has 1 atom stereocenters. The first-order valence-electron chi connectivity index (χ1n) is 8.06. The zero-order chi connectivity index (χ0) is 14.7. The molecule has 0 heterocycles. The lowest BCUT2D eigenvalue weighted by atomic mass is 9.70. The summed E-state index contributed by atoms with van der Waals surface area (Å²) in [7, 11) is 6.70. The molecule has 19 heavy (non-hydrogen) atoms. The standard InChI is InChI=1S/C17H36N2/c1-14-8-12-17(13-9-14,19(6)7)15(18-5)10-11-16(2,3)4/h14-15,18H,8-13H2,1-7H3. The number of rotatable bonds is 5. The molecule has 1 saturated carbocycles. The third kappa shape index (κ3) is 4.46. The molecule has 0 aromatic heterocycles. The van der Waals surface area contributed by atoms with E-state index in [0.29, 0.717) is 17.0 Å². The Kier molecular flexibility index (Phi) is 5.88. The summed E-state index contributed by atoms with van der Waals surface area (Å²) < 4.78 is 0. The van der Waals surface area contributed by atoms with Gasteiger partial charge in [0, 0.05) is 11.6 Å². The van der Waals surface area contributed by atoms with Gasteiger partial charge in [-0.15, -0.1) is 0 Å². The second-order valence-electron chi connectivity index (χ2n) is 8.12. The van der Waals surface area contributed by atoms with Crippen LogP contribution in [0.5, 0.6) is 0 Å². The van der Waals surface area contributed by atoms with Crippen LogP contribution < -0.4 is 5.32 Å². The molecule has 0 aliphatic heterocycles. The summed E-state index contributed by atoms with van der Waals surface area (Å²) in [6, 6.07) is 0.620. The molecule has 2 heteroatoms. The Morgan fingerprint density at radius 3 is 2.11 bits per heavy atom. The summed E-state index contributed by atoms with van der Waals surface area (Å²) in [5, 5.41) is 3.64. The van der Waals surface area contributed by atoms with E-state index in [0.717, 1.165) is 5.92 Å². The van der Waals surface area contributed by atoms with Crippen LogP contribution in [0.15, 0.2) is 0 Å². The Hall–Kier alpha value is -0.0800. The molecule has 0 spiro atoms. The van der Waals surface area contributed by atoms with Gasteiger partial charge in [0.2, 0.25) is 0 Å². The number of hydrogen-bond donors (Lipinski definition) is 1. The van der Waals surface area contributed by atoms with Gasteiger partial charge in [-0.25, -0.2) is 0 Å². The van der Waals surface area contributed by atoms with Gasteiger partial charge >= 0.3 is 0 Å². The fourth-order valence-electron chi connectivity index (χ4n) is 3.63. The summed E-state index contributed by atoms with van der Waals surface area (Å²) in [6.45, 7) is 9.46. The van der Waals surface area contributed by atoms with Gasteiger partial charge in [-0.05, 0) is 71.0 Å². The van der Waals surface area contributed by atoms with Crippen molar-refractivity contribution in [1.29, 1.82) is 0 Å². The lowest BCUT2D eigenvalue weighted by molar-refractivity contribution is 0.0392. The normalized spacial score (nSPS) is 30.6. The molecule has 114 valence electrons. The summed E-state index contributed by atoms with van der Waals surface area (Å²) in [5.74, 6) is 0.910. The van der Waals surface area contributed by atoms with Crippen molar-refractivity contribution in [2.24, 2.45) is 11.3 Å². The third-order valence-electron chi connectivity index (χ3n) is 5.21. The van der Waals surface area contributed by atoms with Gasteiger partial charge in [0.05, 0.1) is 0 Å². The van der Waals surface area contributed by atoms with Gasteiger partial charge in [0.15, 0.2) is 0 Å². The SMILES string of the molecule is CNC(CCC(C)(C)C)C1(N(C)C)CCC(C)CC1. The number of nitrogens with zero attached hydrogens (tertiary/aromatic N) is 1. The van der Waals surface area contributed by atoms with Gasteiger partial charge in [0.1, 0.15) is 0 Å². The molecule has 0 saturated heterocycles. The van der Waals surface area contributed by atoms with Crippen LogP contribution in [-0.4, -0.2) is 37.6 Å². The Labute approximate surface area is 121 Å². The first-order valence-corrected chi connectivity index (χ1v) is 8.06. The van der Waals surface area contributed by atoms with Crippen molar-refractivity contribution in [2.45, 2.75) is 77.8 Å². The molecule has 1 aliphatic rings. The fraction of sp³-hybridized carbons (Fsp3) is 1.00. The largest absolute Gasteiger partial charge is 0.315 e. The van der Waals surface area contributed by atoms with Crippen LogP contribution >= 0.6 is 0 Å². The van der Waals surface area contributed by atoms with Crippen molar-refractivity contribution >= 4 is 0 Å². The molecule has 1 N–H and O–H groups in total. The number of nitrogens with one attached hydrogen (secondary N) is 1. The summed E-state index contributed by atoms with van der Waals surface area (Å²) in [4.78, 5) is 2.50. The van der Waals surface area contributed by atoms with Gasteiger partial charge in [0.25, 0.3) is 0 Å². The maximum Gasteiger partial charge on any atom is 0.0356 e. The maximum absolute atomic E-state index is 3.64. The zero-order valence-corrected chi connectivity index (χ0v) is 14.3. The summed E-state index contributed by atoms with van der Waals surface area (Å²) >= 11 is 0. The predicted molar refractivity (Wildman–Crippen MR) is 85.6 cm³/mol. The molecular weight excluding hydrogens is 232 g/mol. The Bertz CT molecular complexity index is 257. The molecular formula is C17H36N2. The first kappa shape index (κ1) is 17.0. The van der Waals surface area contributed by atoms with E-state index in [1.165, 1.54) is 38.5 Å². The van der Waals surface area contributed by atoms with Gasteiger partial charge < -0.3 is 10.2 Å². The molecule has 0 aromatic carbocycles. The second-order valence-corrected chi connectivity index (χ2v) is 8.12. The molecule has 0 bridgehead atoms. The fourth-order valence-corrected chi connectivity index (χ4v) is 3.63. The van der Waals surface area contributed by atoms with Gasteiger partial charge in [-0.3, -0.25) is 0 Å². The highest BCUT2D eigenvalue weighted by Gasteiger charge is 2.42. The highest BCUT2D eigenvalue weighted by Crippen LogP contribution is 2.39. The quantitative estimate of drug-likeness (QED) is 0.813. The lowest BCUT2D eigenvalue weighted by Crippen LogP contribution is -2.60. The minimum Gasteiger partial charge on any atom is -0.315 e. The van der Waals surface area contributed by atoms with Crippen molar-refractivity contribution in [3.63, 3.8) is 0 Å². The van der Waals surface area contributed by atoms with E-state index in [2.05, 4.69) is 59.1 Å². The van der Waals surface area contributed by atoms with Crippen molar-refractivity contribution in [1.82, 2.24) is 10.2 Å². The van der Waals surface area contributed by atoms with Crippen LogP contribution in [0.1, 0.15) is 66.2 Å². The van der Waals surface area contributed by atoms with Crippen molar-refractivity contribution in [3.8, 4) is 0 Å². The van der Waals surface area contributed by atoms with Crippen LogP contribution in [0.2, 0.25) is 0 Å². The molecule has 0 radical (unpaired) electrons. The van der Waals surface area contributed by atoms with Crippen LogP contribution in [0.3, 0.4) is 0 Å². The number of hydrogen-bond acceptors (Lipinski definition) is 2. The van der Waals surface area contributed by atoms with Crippen LogP contribution in [0.4, 0.5) is 0 Å². The molecule has 1 fully saturated rings. The van der Waals surface area contributed by atoms with Crippen molar-refractivity contribution in [3.05, 3.63) is 0 Å². The molecule has 1 unspecified atom stereocenters. The van der Waals surface area contributed by atoms with Crippen molar-refractivity contribution in [2.75, 3.05) is 21.1 Å². The Balaban J connectivity index is 2.77. The van der Waals surface area contributed by atoms with Crippen molar-refractivity contribution < 1.29 is 0 Å². The van der Waals surface area contributed by atoms with E-state index in [4.69, 9.17) is 0 Å². The van der Waals surface area contributed by atoms with E-state index < -0.39 is 0 Å². The molecule has 1 rings (SSSR count). The smallest absolute Gasteiger partial charge is 0.0356 e. The van der Waals surface area contributed by atoms with Crippen LogP contribution in [0.25, 0.3) is 0 Å². The third-order valence-corrected chi connectivity index (χ3v) is 5.21. The highest BCUT2D eigenvalue weighted by molar-refractivity contribution is 5.01. The molecule has 0 aromatic rings. The zero-order valence-electron chi connectivity index (χ0n) is 14.3. The predicted octanol–water partition coefficient (Wildman–Crippen LogP) is 3.91. The maximum atomic E-state index is 3.64. The monoisotopic (exact) mass is 268 g/mol. The van der Waals surface area contributed by atoms with E-state index in [-0.39, 0.29) is 0 Å². The average Bonchev–Trinajstić information content (AvgIpc) is 2.30. The van der Waals surface area contributed by atoms with Gasteiger partial charge in [-0.2, -0.15) is 0 Å². The second kappa shape index (κ2) is 6.58. The summed E-state index contributed by atoms with van der Waals surface area (Å²) in [6.07, 6.45) is 8.03. The van der Waals surface area contributed by atoms with E-state index in [1.54, 1.807) is 0 Å². The Morgan fingerprint density at radius 2 is 1.74 bits per heavy atom. The molecule has 2 nitrogen and oxygen atoms in total.